The average Bonchev–Trinajstić information content (AvgIpc) is 2.53. The van der Waals surface area contributed by atoms with Gasteiger partial charge in [0.05, 0.1) is 6.54 Å². The van der Waals surface area contributed by atoms with E-state index in [4.69, 9.17) is 0 Å². The van der Waals surface area contributed by atoms with Crippen LogP contribution in [-0.2, 0) is 0 Å². The highest BCUT2D eigenvalue weighted by atomic mass is 16.2. The molecule has 0 aliphatic rings. The highest BCUT2D eigenvalue weighted by Crippen LogP contribution is 2.10. The smallest absolute Gasteiger partial charge is 0.261 e. The van der Waals surface area contributed by atoms with Crippen LogP contribution in [0.5, 0.6) is 0 Å². The number of rotatable bonds is 4. The summed E-state index contributed by atoms with van der Waals surface area (Å²) in [5.74, 6) is -0.703. The normalized spacial score (nSPS) is 9.80. The third-order valence-corrected chi connectivity index (χ3v) is 2.80. The third kappa shape index (κ3) is 3.01. The molecule has 20 heavy (non-hydrogen) atoms. The van der Waals surface area contributed by atoms with Crippen molar-refractivity contribution in [2.45, 2.75) is 0 Å². The summed E-state index contributed by atoms with van der Waals surface area (Å²) in [7, 11) is 0. The molecular weight excluding hydrogens is 250 g/mol. The number of hydrogen-bond donors (Lipinski definition) is 0. The van der Waals surface area contributed by atoms with Crippen LogP contribution in [0.2, 0.25) is 0 Å². The molecule has 2 amide bonds. The summed E-state index contributed by atoms with van der Waals surface area (Å²) in [6.45, 7) is 3.54. The Kier molecular flexibility index (Phi) is 4.45. The van der Waals surface area contributed by atoms with Gasteiger partial charge in [-0.15, -0.1) is 0 Å². The van der Waals surface area contributed by atoms with E-state index in [1.807, 2.05) is 12.1 Å². The van der Waals surface area contributed by atoms with Gasteiger partial charge in [0, 0.05) is 11.1 Å². The Bertz CT molecular complexity index is 554. The van der Waals surface area contributed by atoms with Gasteiger partial charge in [0.2, 0.25) is 0 Å². The van der Waals surface area contributed by atoms with Gasteiger partial charge in [0.15, 0.2) is 0 Å². The third-order valence-electron chi connectivity index (χ3n) is 2.80. The fourth-order valence-corrected chi connectivity index (χ4v) is 1.82. The van der Waals surface area contributed by atoms with E-state index in [9.17, 15) is 9.59 Å². The molecule has 0 aliphatic carbocycles. The first-order valence-corrected chi connectivity index (χ1v) is 6.20. The lowest BCUT2D eigenvalue weighted by molar-refractivity contribution is 0.0632. The summed E-state index contributed by atoms with van der Waals surface area (Å²) in [6, 6.07) is 17.4. The maximum atomic E-state index is 12.4. The van der Waals surface area contributed by atoms with Gasteiger partial charge in [-0.3, -0.25) is 14.5 Å². The quantitative estimate of drug-likeness (QED) is 0.796. The summed E-state index contributed by atoms with van der Waals surface area (Å²) in [4.78, 5) is 25.9. The average molecular weight is 264 g/mol. The first-order valence-electron chi connectivity index (χ1n) is 6.20. The summed E-state index contributed by atoms with van der Waals surface area (Å²) >= 11 is 0. The van der Waals surface area contributed by atoms with Crippen LogP contribution in [0.1, 0.15) is 20.7 Å². The minimum Gasteiger partial charge on any atom is -0.270 e. The zero-order valence-corrected chi connectivity index (χ0v) is 11.0. The van der Waals surface area contributed by atoms with Crippen LogP contribution >= 0.6 is 0 Å². The van der Waals surface area contributed by atoms with Gasteiger partial charge in [-0.25, -0.2) is 0 Å². The molecule has 0 heterocycles. The number of nitrogens with zero attached hydrogens (tertiary/aromatic N) is 1. The van der Waals surface area contributed by atoms with Crippen molar-refractivity contribution in [1.29, 1.82) is 0 Å². The Morgan fingerprint density at radius 1 is 0.850 bits per heavy atom. The van der Waals surface area contributed by atoms with Crippen LogP contribution < -0.4 is 0 Å². The van der Waals surface area contributed by atoms with Crippen LogP contribution in [0.4, 0.5) is 0 Å². The van der Waals surface area contributed by atoms with E-state index >= 15 is 0 Å². The maximum Gasteiger partial charge on any atom is 0.261 e. The van der Waals surface area contributed by atoms with E-state index in [-0.39, 0.29) is 18.4 Å². The predicted octanol–water partition coefficient (Wildman–Crippen LogP) is 2.96. The highest BCUT2D eigenvalue weighted by Gasteiger charge is 2.22. The molecule has 2 aromatic rings. The van der Waals surface area contributed by atoms with Crippen LogP contribution in [0.3, 0.4) is 0 Å². The second kappa shape index (κ2) is 6.48. The Hall–Kier alpha value is -2.68. The van der Waals surface area contributed by atoms with Crippen molar-refractivity contribution in [1.82, 2.24) is 4.90 Å². The van der Waals surface area contributed by atoms with E-state index < -0.39 is 0 Å². The summed E-state index contributed by atoms with van der Waals surface area (Å²) in [5, 5.41) is 0. The van der Waals surface area contributed by atoms with Crippen LogP contribution in [0.25, 0.3) is 0 Å². The molecule has 0 N–H and O–H groups in total. The number of benzene rings is 2. The van der Waals surface area contributed by atoms with Gasteiger partial charge in [-0.05, 0) is 30.3 Å². The molecule has 0 bridgehead atoms. The van der Waals surface area contributed by atoms with Crippen molar-refractivity contribution in [2.24, 2.45) is 0 Å². The molecule has 99 valence electrons. The van der Waals surface area contributed by atoms with Crippen LogP contribution in [0.15, 0.2) is 67.2 Å². The topological polar surface area (TPSA) is 37.4 Å². The largest absolute Gasteiger partial charge is 0.270 e. The number of imide groups is 1. The Labute approximate surface area is 118 Å². The zero-order chi connectivity index (χ0) is 14.4. The van der Waals surface area contributed by atoms with Gasteiger partial charge in [-0.2, -0.15) is 0 Å². The van der Waals surface area contributed by atoms with Gasteiger partial charge in [0.25, 0.3) is 11.8 Å². The van der Waals surface area contributed by atoms with Crippen molar-refractivity contribution >= 4 is 11.8 Å². The molecule has 2 aromatic carbocycles. The molecule has 0 aliphatic heterocycles. The second-order valence-corrected chi connectivity index (χ2v) is 4.18. The lowest BCUT2D eigenvalue weighted by atomic mass is 10.1. The zero-order valence-electron chi connectivity index (χ0n) is 11.0. The molecule has 0 saturated heterocycles. The van der Waals surface area contributed by atoms with E-state index in [2.05, 4.69) is 12.7 Å². The summed E-state index contributed by atoms with van der Waals surface area (Å²) in [6.07, 6.45) is 2.60. The minimum atomic E-state index is -0.351. The molecule has 0 spiro atoms. The number of amides is 2. The molecule has 0 atom stereocenters. The Morgan fingerprint density at radius 3 is 1.60 bits per heavy atom. The number of carbonyl (C=O) groups is 2. The van der Waals surface area contributed by atoms with E-state index in [0.717, 1.165) is 4.90 Å². The Balaban J connectivity index is 2.30. The monoisotopic (exact) mass is 264 g/mol. The van der Waals surface area contributed by atoms with E-state index in [1.165, 1.54) is 0 Å². The lowest BCUT2D eigenvalue weighted by Gasteiger charge is -2.19. The fraction of sp³-hybridized carbons (Fsp3) is 0.0588. The molecule has 2 rings (SSSR count). The van der Waals surface area contributed by atoms with Gasteiger partial charge < -0.3 is 0 Å². The first kappa shape index (κ1) is 13.7. The second-order valence-electron chi connectivity index (χ2n) is 4.18. The molecule has 0 aromatic heterocycles. The molecule has 0 unspecified atom stereocenters. The van der Waals surface area contributed by atoms with Gasteiger partial charge >= 0.3 is 0 Å². The summed E-state index contributed by atoms with van der Waals surface area (Å²) < 4.78 is 0. The van der Waals surface area contributed by atoms with E-state index in [1.54, 1.807) is 48.5 Å². The van der Waals surface area contributed by atoms with Crippen molar-refractivity contribution in [3.63, 3.8) is 0 Å². The molecule has 0 fully saturated rings. The van der Waals surface area contributed by atoms with Crippen molar-refractivity contribution in [3.05, 3.63) is 84.4 Å². The van der Waals surface area contributed by atoms with Crippen molar-refractivity contribution < 1.29 is 9.59 Å². The molecule has 3 nitrogen and oxygen atoms in total. The van der Waals surface area contributed by atoms with Gasteiger partial charge in [-0.1, -0.05) is 43.0 Å². The highest BCUT2D eigenvalue weighted by molar-refractivity contribution is 6.10. The maximum absolute atomic E-state index is 12.4. The van der Waals surface area contributed by atoms with E-state index in [0.29, 0.717) is 11.1 Å². The number of hydrogen-bond acceptors (Lipinski definition) is 2. The first-order chi connectivity index (χ1) is 9.74. The standard InChI is InChI=1S/C17H14NO2/c1-2-13-18(16(19)14-9-5-3-6-10-14)17(20)15-11-7-4-8-12-15/h3-12H,1,13H2. The molecule has 0 saturated carbocycles. The number of carbonyl (C=O) groups excluding carboxylic acids is 2. The van der Waals surface area contributed by atoms with Crippen molar-refractivity contribution in [3.8, 4) is 0 Å². The fourth-order valence-electron chi connectivity index (χ4n) is 1.82. The molecule has 1 radical (unpaired) electrons. The minimum absolute atomic E-state index is 0.0570. The lowest BCUT2D eigenvalue weighted by Crippen LogP contribution is -2.37. The van der Waals surface area contributed by atoms with Crippen molar-refractivity contribution in [2.75, 3.05) is 6.54 Å². The predicted molar refractivity (Wildman–Crippen MR) is 77.1 cm³/mol. The SMILES string of the molecule is C=[C]CN(C(=O)c1ccccc1)C(=O)c1ccccc1. The van der Waals surface area contributed by atoms with Crippen LogP contribution in [0, 0.1) is 6.08 Å². The Morgan fingerprint density at radius 2 is 1.25 bits per heavy atom. The summed E-state index contributed by atoms with van der Waals surface area (Å²) in [5.41, 5.74) is 0.930. The molecular formula is C17H14NO2. The van der Waals surface area contributed by atoms with Crippen LogP contribution in [-0.4, -0.2) is 23.3 Å². The molecule has 3 heteroatoms. The van der Waals surface area contributed by atoms with Gasteiger partial charge in [0.1, 0.15) is 0 Å².